The SMILES string of the molecule is N#Cc1c(NC(=O)CSc2nnc(COc3ccc(Cl)cc3)o2)sc2c1CCCC2. The van der Waals surface area contributed by atoms with Crippen LogP contribution in [-0.2, 0) is 24.2 Å². The third-order valence-corrected chi connectivity index (χ3v) is 6.76. The summed E-state index contributed by atoms with van der Waals surface area (Å²) in [4.78, 5) is 13.6. The van der Waals surface area contributed by atoms with Gasteiger partial charge in [0.25, 0.3) is 11.1 Å². The molecule has 0 saturated heterocycles. The largest absolute Gasteiger partial charge is 0.484 e. The number of benzene rings is 1. The quantitative estimate of drug-likeness (QED) is 0.503. The number of ether oxygens (including phenoxy) is 1. The van der Waals surface area contributed by atoms with E-state index in [-0.39, 0.29) is 23.5 Å². The number of rotatable bonds is 7. The minimum Gasteiger partial charge on any atom is -0.484 e. The van der Waals surface area contributed by atoms with Crippen LogP contribution in [0.4, 0.5) is 5.00 Å². The molecule has 1 amide bonds. The van der Waals surface area contributed by atoms with Crippen molar-refractivity contribution >= 4 is 45.6 Å². The van der Waals surface area contributed by atoms with Crippen LogP contribution in [0.3, 0.4) is 0 Å². The molecule has 2 heterocycles. The van der Waals surface area contributed by atoms with Crippen LogP contribution in [-0.4, -0.2) is 21.9 Å². The molecule has 154 valence electrons. The normalized spacial score (nSPS) is 12.8. The van der Waals surface area contributed by atoms with Crippen LogP contribution in [0.2, 0.25) is 5.02 Å². The zero-order valence-electron chi connectivity index (χ0n) is 15.8. The first-order valence-electron chi connectivity index (χ1n) is 9.30. The van der Waals surface area contributed by atoms with E-state index in [1.807, 2.05) is 0 Å². The standard InChI is InChI=1S/C20H17ClN4O3S2/c21-12-5-7-13(8-6-12)27-10-18-24-25-20(28-18)29-11-17(26)23-19-15(9-22)14-3-1-2-4-16(14)30-19/h5-8H,1-4,10-11H2,(H,23,26). The van der Waals surface area contributed by atoms with Crippen LogP contribution in [0.5, 0.6) is 5.75 Å². The third kappa shape index (κ3) is 4.95. The molecule has 1 aliphatic carbocycles. The molecule has 0 atom stereocenters. The van der Waals surface area contributed by atoms with Gasteiger partial charge in [0, 0.05) is 9.90 Å². The van der Waals surface area contributed by atoms with Gasteiger partial charge in [-0.3, -0.25) is 4.79 Å². The van der Waals surface area contributed by atoms with Crippen molar-refractivity contribution in [1.82, 2.24) is 10.2 Å². The molecule has 0 aliphatic heterocycles. The molecular formula is C20H17ClN4O3S2. The van der Waals surface area contributed by atoms with Crippen molar-refractivity contribution in [3.8, 4) is 11.8 Å². The fourth-order valence-corrected chi connectivity index (χ4v) is 5.06. The van der Waals surface area contributed by atoms with E-state index in [0.717, 1.165) is 43.0 Å². The second-order valence-electron chi connectivity index (χ2n) is 6.57. The second kappa shape index (κ2) is 9.51. The third-order valence-electron chi connectivity index (χ3n) is 4.49. The van der Waals surface area contributed by atoms with Crippen LogP contribution in [0, 0.1) is 11.3 Å². The highest BCUT2D eigenvalue weighted by molar-refractivity contribution is 7.99. The smallest absolute Gasteiger partial charge is 0.277 e. The van der Waals surface area contributed by atoms with E-state index in [4.69, 9.17) is 20.8 Å². The Hall–Kier alpha value is -2.54. The number of halogens is 1. The van der Waals surface area contributed by atoms with Gasteiger partial charge in [-0.2, -0.15) is 5.26 Å². The summed E-state index contributed by atoms with van der Waals surface area (Å²) in [5.41, 5.74) is 1.70. The lowest BCUT2D eigenvalue weighted by molar-refractivity contribution is -0.113. The van der Waals surface area contributed by atoms with Crippen molar-refractivity contribution in [2.24, 2.45) is 0 Å². The van der Waals surface area contributed by atoms with Crippen molar-refractivity contribution < 1.29 is 13.9 Å². The van der Waals surface area contributed by atoms with Gasteiger partial charge in [-0.15, -0.1) is 21.5 Å². The Balaban J connectivity index is 1.29. The minimum atomic E-state index is -0.215. The molecule has 3 aromatic rings. The van der Waals surface area contributed by atoms with Gasteiger partial charge in [0.2, 0.25) is 5.91 Å². The van der Waals surface area contributed by atoms with E-state index < -0.39 is 0 Å². The number of anilines is 1. The van der Waals surface area contributed by atoms with Gasteiger partial charge < -0.3 is 14.5 Å². The number of amides is 1. The van der Waals surface area contributed by atoms with Gasteiger partial charge in [-0.05, 0) is 55.5 Å². The number of hydrogen-bond acceptors (Lipinski definition) is 8. The maximum absolute atomic E-state index is 12.4. The summed E-state index contributed by atoms with van der Waals surface area (Å²) in [5.74, 6) is 0.837. The molecule has 1 N–H and O–H groups in total. The summed E-state index contributed by atoms with van der Waals surface area (Å²) in [5, 5.41) is 21.7. The monoisotopic (exact) mass is 460 g/mol. The highest BCUT2D eigenvalue weighted by atomic mass is 35.5. The van der Waals surface area contributed by atoms with Crippen LogP contribution in [0.1, 0.15) is 34.7 Å². The molecule has 0 spiro atoms. The summed E-state index contributed by atoms with van der Waals surface area (Å²) in [6.45, 7) is 0.119. The van der Waals surface area contributed by atoms with Gasteiger partial charge >= 0.3 is 0 Å². The number of hydrogen-bond donors (Lipinski definition) is 1. The summed E-state index contributed by atoms with van der Waals surface area (Å²) < 4.78 is 11.1. The van der Waals surface area contributed by atoms with E-state index in [0.29, 0.717) is 27.2 Å². The number of nitrogens with zero attached hydrogens (tertiary/aromatic N) is 3. The molecule has 0 fully saturated rings. The molecule has 2 aromatic heterocycles. The number of fused-ring (bicyclic) bond motifs is 1. The van der Waals surface area contributed by atoms with Gasteiger partial charge in [0.1, 0.15) is 16.8 Å². The number of thiophene rings is 1. The number of aryl methyl sites for hydroxylation is 1. The first-order valence-corrected chi connectivity index (χ1v) is 11.5. The first kappa shape index (κ1) is 20.7. The van der Waals surface area contributed by atoms with Crippen LogP contribution < -0.4 is 10.1 Å². The van der Waals surface area contributed by atoms with E-state index >= 15 is 0 Å². The first-order chi connectivity index (χ1) is 14.6. The molecule has 4 rings (SSSR count). The fraction of sp³-hybridized carbons (Fsp3) is 0.300. The topological polar surface area (TPSA) is 101 Å². The Bertz CT molecular complexity index is 1090. The van der Waals surface area contributed by atoms with Gasteiger partial charge in [0.15, 0.2) is 6.61 Å². The molecule has 1 aliphatic rings. The summed E-state index contributed by atoms with van der Waals surface area (Å²) >= 11 is 8.48. The maximum Gasteiger partial charge on any atom is 0.277 e. The number of carbonyl (C=O) groups is 1. The van der Waals surface area contributed by atoms with Crippen molar-refractivity contribution in [2.75, 3.05) is 11.1 Å². The average Bonchev–Trinajstić information content (AvgIpc) is 3.35. The lowest BCUT2D eigenvalue weighted by Gasteiger charge is -2.09. The van der Waals surface area contributed by atoms with Crippen LogP contribution in [0.15, 0.2) is 33.9 Å². The number of nitriles is 1. The van der Waals surface area contributed by atoms with E-state index in [1.165, 1.54) is 16.2 Å². The Kier molecular flexibility index (Phi) is 6.57. The van der Waals surface area contributed by atoms with Crippen molar-refractivity contribution in [2.45, 2.75) is 37.5 Å². The van der Waals surface area contributed by atoms with Gasteiger partial charge in [0.05, 0.1) is 11.3 Å². The van der Waals surface area contributed by atoms with E-state index in [9.17, 15) is 10.1 Å². The van der Waals surface area contributed by atoms with Crippen LogP contribution >= 0.6 is 34.7 Å². The summed E-state index contributed by atoms with van der Waals surface area (Å²) in [6, 6.07) is 9.19. The Labute approximate surface area is 186 Å². The molecule has 0 unspecified atom stereocenters. The maximum atomic E-state index is 12.4. The lowest BCUT2D eigenvalue weighted by atomic mass is 9.96. The molecule has 0 bridgehead atoms. The molecule has 1 aromatic carbocycles. The number of thioether (sulfide) groups is 1. The summed E-state index contributed by atoms with van der Waals surface area (Å²) in [7, 11) is 0. The zero-order valence-corrected chi connectivity index (χ0v) is 18.2. The highest BCUT2D eigenvalue weighted by Crippen LogP contribution is 2.37. The molecule has 7 nitrogen and oxygen atoms in total. The number of nitrogens with one attached hydrogen (secondary N) is 1. The predicted octanol–water partition coefficient (Wildman–Crippen LogP) is 4.84. The van der Waals surface area contributed by atoms with Crippen molar-refractivity contribution in [3.63, 3.8) is 0 Å². The molecule has 0 saturated carbocycles. The average molecular weight is 461 g/mol. The van der Waals surface area contributed by atoms with E-state index in [1.54, 1.807) is 24.3 Å². The lowest BCUT2D eigenvalue weighted by Crippen LogP contribution is -2.14. The Morgan fingerprint density at radius 3 is 2.90 bits per heavy atom. The van der Waals surface area contributed by atoms with Gasteiger partial charge in [-0.25, -0.2) is 0 Å². The molecule has 0 radical (unpaired) electrons. The van der Waals surface area contributed by atoms with Crippen molar-refractivity contribution in [3.05, 3.63) is 51.2 Å². The Morgan fingerprint density at radius 1 is 1.30 bits per heavy atom. The van der Waals surface area contributed by atoms with Gasteiger partial charge in [-0.1, -0.05) is 23.4 Å². The predicted molar refractivity (Wildman–Crippen MR) is 115 cm³/mol. The number of carbonyl (C=O) groups excluding carboxylic acids is 1. The number of aromatic nitrogens is 2. The fourth-order valence-electron chi connectivity index (χ4n) is 3.09. The molecule has 30 heavy (non-hydrogen) atoms. The summed E-state index contributed by atoms with van der Waals surface area (Å²) in [6.07, 6.45) is 4.09. The Morgan fingerprint density at radius 2 is 2.10 bits per heavy atom. The van der Waals surface area contributed by atoms with Crippen molar-refractivity contribution in [1.29, 1.82) is 5.26 Å². The minimum absolute atomic E-state index is 0.104. The second-order valence-corrected chi connectivity index (χ2v) is 9.04. The molecular weight excluding hydrogens is 444 g/mol. The zero-order chi connectivity index (χ0) is 20.9. The van der Waals surface area contributed by atoms with E-state index in [2.05, 4.69) is 21.6 Å². The molecule has 10 heteroatoms. The van der Waals surface area contributed by atoms with Crippen LogP contribution in [0.25, 0.3) is 0 Å². The highest BCUT2D eigenvalue weighted by Gasteiger charge is 2.22.